The number of carbonyl (C=O) groups excluding carboxylic acids is 1. The number of hydrogen-bond acceptors (Lipinski definition) is 3. The minimum Gasteiger partial charge on any atom is -0.493 e. The van der Waals surface area contributed by atoms with Crippen molar-refractivity contribution < 1.29 is 19.4 Å². The van der Waals surface area contributed by atoms with Crippen molar-refractivity contribution in [1.29, 1.82) is 0 Å². The largest absolute Gasteiger partial charge is 0.493 e. The maximum Gasteiger partial charge on any atom is 0.305 e. The smallest absolute Gasteiger partial charge is 0.305 e. The van der Waals surface area contributed by atoms with Crippen LogP contribution < -0.4 is 10.1 Å². The monoisotopic (exact) mass is 263 g/mol. The van der Waals surface area contributed by atoms with E-state index in [4.69, 9.17) is 9.84 Å². The average Bonchev–Trinajstić information content (AvgIpc) is 2.36. The van der Waals surface area contributed by atoms with Gasteiger partial charge in [-0.15, -0.1) is 0 Å². The van der Waals surface area contributed by atoms with Gasteiger partial charge in [-0.1, -0.05) is 18.2 Å². The van der Waals surface area contributed by atoms with Gasteiger partial charge in [0.05, 0.1) is 18.9 Å². The lowest BCUT2D eigenvalue weighted by atomic mass is 9.92. The van der Waals surface area contributed by atoms with Gasteiger partial charge in [0.15, 0.2) is 0 Å². The number of ether oxygens (including phenoxy) is 1. The lowest BCUT2D eigenvalue weighted by molar-refractivity contribution is -0.137. The van der Waals surface area contributed by atoms with E-state index < -0.39 is 5.97 Å². The Balaban J connectivity index is 2.06. The van der Waals surface area contributed by atoms with Gasteiger partial charge in [0.25, 0.3) is 0 Å². The van der Waals surface area contributed by atoms with Crippen LogP contribution in [-0.4, -0.2) is 29.6 Å². The first-order chi connectivity index (χ1) is 9.08. The van der Waals surface area contributed by atoms with E-state index in [-0.39, 0.29) is 24.3 Å². The van der Waals surface area contributed by atoms with Gasteiger partial charge in [-0.05, 0) is 19.4 Å². The molecule has 102 valence electrons. The van der Waals surface area contributed by atoms with E-state index in [1.54, 1.807) is 6.92 Å². The SMILES string of the molecule is C[C@H](CC(=O)O)NC(=O)[C@@H]1CCOc2ccccc21. The predicted octanol–water partition coefficient (Wildman–Crippen LogP) is 1.53. The lowest BCUT2D eigenvalue weighted by Gasteiger charge is -2.26. The van der Waals surface area contributed by atoms with Gasteiger partial charge >= 0.3 is 5.97 Å². The molecule has 1 amide bonds. The molecule has 0 fully saturated rings. The van der Waals surface area contributed by atoms with Gasteiger partial charge in [-0.3, -0.25) is 9.59 Å². The third-order valence-electron chi connectivity index (χ3n) is 3.14. The number of hydrogen-bond donors (Lipinski definition) is 2. The minimum absolute atomic E-state index is 0.0728. The summed E-state index contributed by atoms with van der Waals surface area (Å²) in [5.74, 6) is -0.578. The summed E-state index contributed by atoms with van der Waals surface area (Å²) < 4.78 is 5.50. The quantitative estimate of drug-likeness (QED) is 0.863. The zero-order chi connectivity index (χ0) is 13.8. The van der Waals surface area contributed by atoms with Gasteiger partial charge in [-0.2, -0.15) is 0 Å². The highest BCUT2D eigenvalue weighted by molar-refractivity contribution is 5.85. The summed E-state index contributed by atoms with van der Waals surface area (Å²) in [7, 11) is 0. The highest BCUT2D eigenvalue weighted by Gasteiger charge is 2.28. The van der Waals surface area contributed by atoms with E-state index in [2.05, 4.69) is 5.32 Å². The second-order valence-corrected chi connectivity index (χ2v) is 4.74. The maximum atomic E-state index is 12.2. The number of carbonyl (C=O) groups is 2. The fourth-order valence-electron chi connectivity index (χ4n) is 2.27. The molecule has 19 heavy (non-hydrogen) atoms. The summed E-state index contributed by atoms with van der Waals surface area (Å²) in [6, 6.07) is 7.08. The van der Waals surface area contributed by atoms with Crippen molar-refractivity contribution in [1.82, 2.24) is 5.32 Å². The maximum absolute atomic E-state index is 12.2. The molecule has 5 nitrogen and oxygen atoms in total. The molecule has 0 aromatic heterocycles. The minimum atomic E-state index is -0.917. The molecule has 0 saturated carbocycles. The van der Waals surface area contributed by atoms with Crippen LogP contribution in [0, 0.1) is 0 Å². The van der Waals surface area contributed by atoms with Crippen molar-refractivity contribution in [2.24, 2.45) is 0 Å². The van der Waals surface area contributed by atoms with Gasteiger partial charge in [-0.25, -0.2) is 0 Å². The van der Waals surface area contributed by atoms with E-state index in [1.807, 2.05) is 24.3 Å². The molecule has 1 heterocycles. The number of aliphatic carboxylic acids is 1. The standard InChI is InChI=1S/C14H17NO4/c1-9(8-13(16)17)15-14(18)11-6-7-19-12-5-3-2-4-10(11)12/h2-5,9,11H,6-8H2,1H3,(H,15,18)(H,16,17)/t9-,11-/m1/s1. The lowest BCUT2D eigenvalue weighted by Crippen LogP contribution is -2.39. The molecule has 0 saturated heterocycles. The van der Waals surface area contributed by atoms with Crippen LogP contribution >= 0.6 is 0 Å². The van der Waals surface area contributed by atoms with E-state index in [9.17, 15) is 9.59 Å². The highest BCUT2D eigenvalue weighted by atomic mass is 16.5. The third-order valence-corrected chi connectivity index (χ3v) is 3.14. The highest BCUT2D eigenvalue weighted by Crippen LogP contribution is 2.33. The average molecular weight is 263 g/mol. The van der Waals surface area contributed by atoms with Gasteiger partial charge in [0, 0.05) is 11.6 Å². The van der Waals surface area contributed by atoms with Crippen LogP contribution in [0.25, 0.3) is 0 Å². The van der Waals surface area contributed by atoms with E-state index >= 15 is 0 Å². The summed E-state index contributed by atoms with van der Waals surface area (Å²) >= 11 is 0. The Kier molecular flexibility index (Phi) is 4.04. The van der Waals surface area contributed by atoms with E-state index in [0.29, 0.717) is 13.0 Å². The van der Waals surface area contributed by atoms with E-state index in [0.717, 1.165) is 11.3 Å². The summed E-state index contributed by atoms with van der Waals surface area (Å²) in [5.41, 5.74) is 0.869. The number of para-hydroxylation sites is 1. The number of fused-ring (bicyclic) bond motifs is 1. The molecule has 0 spiro atoms. The molecule has 1 aliphatic heterocycles. The Morgan fingerprint density at radius 2 is 2.21 bits per heavy atom. The van der Waals surface area contributed by atoms with Crippen LogP contribution in [-0.2, 0) is 9.59 Å². The molecule has 1 aliphatic rings. The number of amides is 1. The van der Waals surface area contributed by atoms with Crippen LogP contribution in [0.4, 0.5) is 0 Å². The number of rotatable bonds is 4. The van der Waals surface area contributed by atoms with Gasteiger partial charge in [0.2, 0.25) is 5.91 Å². The Hall–Kier alpha value is -2.04. The first kappa shape index (κ1) is 13.4. The summed E-state index contributed by atoms with van der Waals surface area (Å²) in [6.07, 6.45) is 0.541. The molecule has 2 N–H and O–H groups in total. The van der Waals surface area contributed by atoms with E-state index in [1.165, 1.54) is 0 Å². The van der Waals surface area contributed by atoms with Crippen molar-refractivity contribution in [3.63, 3.8) is 0 Å². The fraction of sp³-hybridized carbons (Fsp3) is 0.429. The molecule has 0 aliphatic carbocycles. The summed E-state index contributed by atoms with van der Waals surface area (Å²) in [5, 5.41) is 11.4. The van der Waals surface area contributed by atoms with Crippen molar-refractivity contribution in [3.05, 3.63) is 29.8 Å². The number of carboxylic acids is 1. The second kappa shape index (κ2) is 5.73. The molecular weight excluding hydrogens is 246 g/mol. The zero-order valence-corrected chi connectivity index (χ0v) is 10.8. The van der Waals surface area contributed by atoms with Crippen LogP contribution in [0.1, 0.15) is 31.2 Å². The molecule has 1 aromatic carbocycles. The molecule has 0 unspecified atom stereocenters. The predicted molar refractivity (Wildman–Crippen MR) is 69.2 cm³/mol. The second-order valence-electron chi connectivity index (χ2n) is 4.74. The first-order valence-electron chi connectivity index (χ1n) is 6.32. The van der Waals surface area contributed by atoms with Gasteiger partial charge < -0.3 is 15.2 Å². The Morgan fingerprint density at radius 3 is 2.95 bits per heavy atom. The van der Waals surface area contributed by atoms with Crippen LogP contribution in [0.5, 0.6) is 5.75 Å². The van der Waals surface area contributed by atoms with Crippen LogP contribution in [0.2, 0.25) is 0 Å². The zero-order valence-electron chi connectivity index (χ0n) is 10.8. The Labute approximate surface area is 111 Å². The molecule has 2 rings (SSSR count). The summed E-state index contributed by atoms with van der Waals surface area (Å²) in [4.78, 5) is 22.8. The molecule has 1 aromatic rings. The van der Waals surface area contributed by atoms with Crippen LogP contribution in [0.3, 0.4) is 0 Å². The molecule has 5 heteroatoms. The van der Waals surface area contributed by atoms with Crippen molar-refractivity contribution in [3.8, 4) is 5.75 Å². The van der Waals surface area contributed by atoms with Crippen molar-refractivity contribution in [2.75, 3.05) is 6.61 Å². The molecular formula is C14H17NO4. The van der Waals surface area contributed by atoms with Crippen LogP contribution in [0.15, 0.2) is 24.3 Å². The molecule has 0 bridgehead atoms. The fourth-order valence-corrected chi connectivity index (χ4v) is 2.27. The summed E-state index contributed by atoms with van der Waals surface area (Å²) in [6.45, 7) is 2.19. The topological polar surface area (TPSA) is 75.6 Å². The Bertz CT molecular complexity index is 486. The number of nitrogens with one attached hydrogen (secondary N) is 1. The normalized spacial score (nSPS) is 18.9. The first-order valence-corrected chi connectivity index (χ1v) is 6.32. The van der Waals surface area contributed by atoms with Crippen molar-refractivity contribution >= 4 is 11.9 Å². The number of carboxylic acid groups (broad SMARTS) is 1. The Morgan fingerprint density at radius 1 is 1.47 bits per heavy atom. The molecule has 2 atom stereocenters. The molecule has 0 radical (unpaired) electrons. The van der Waals surface area contributed by atoms with Crippen molar-refractivity contribution in [2.45, 2.75) is 31.7 Å². The van der Waals surface area contributed by atoms with Gasteiger partial charge in [0.1, 0.15) is 5.75 Å². The number of benzene rings is 1. The third kappa shape index (κ3) is 3.24.